The maximum Gasteiger partial charge on any atom is 0.122 e. The highest BCUT2D eigenvalue weighted by atomic mass is 79.9. The number of hydrogen-bond acceptors (Lipinski definition) is 1. The van der Waals surface area contributed by atoms with Crippen LogP contribution < -0.4 is 4.74 Å². The van der Waals surface area contributed by atoms with Crippen LogP contribution in [0.5, 0.6) is 5.75 Å². The quantitative estimate of drug-likeness (QED) is 0.750. The van der Waals surface area contributed by atoms with Crippen molar-refractivity contribution in [3.8, 4) is 5.75 Å². The lowest BCUT2D eigenvalue weighted by Crippen LogP contribution is -2.00. The van der Waals surface area contributed by atoms with Crippen LogP contribution in [0.3, 0.4) is 0 Å². The van der Waals surface area contributed by atoms with Crippen LogP contribution >= 0.6 is 15.9 Å². The third kappa shape index (κ3) is 2.54. The molecule has 1 saturated carbocycles. The van der Waals surface area contributed by atoms with E-state index in [9.17, 15) is 0 Å². The highest BCUT2D eigenvalue weighted by molar-refractivity contribution is 9.09. The maximum absolute atomic E-state index is 5.67. The van der Waals surface area contributed by atoms with Gasteiger partial charge >= 0.3 is 0 Å². The van der Waals surface area contributed by atoms with Gasteiger partial charge < -0.3 is 4.74 Å². The molecule has 82 valence electrons. The van der Waals surface area contributed by atoms with Gasteiger partial charge in [0.15, 0.2) is 0 Å². The zero-order valence-electron chi connectivity index (χ0n) is 9.08. The second-order valence-electron chi connectivity index (χ2n) is 4.08. The van der Waals surface area contributed by atoms with Crippen molar-refractivity contribution in [3.63, 3.8) is 0 Å². The van der Waals surface area contributed by atoms with Gasteiger partial charge in [-0.25, -0.2) is 0 Å². The normalized spacial score (nSPS) is 25.5. The zero-order chi connectivity index (χ0) is 10.7. The van der Waals surface area contributed by atoms with Crippen molar-refractivity contribution in [1.29, 1.82) is 0 Å². The number of ether oxygens (including phenoxy) is 1. The van der Waals surface area contributed by atoms with Crippen molar-refractivity contribution >= 4 is 15.9 Å². The van der Waals surface area contributed by atoms with Crippen LogP contribution in [0.4, 0.5) is 0 Å². The van der Waals surface area contributed by atoms with Crippen LogP contribution in [0, 0.1) is 0 Å². The summed E-state index contributed by atoms with van der Waals surface area (Å²) in [6.45, 7) is 2.79. The lowest BCUT2D eigenvalue weighted by Gasteiger charge is -2.15. The van der Waals surface area contributed by atoms with Crippen molar-refractivity contribution in [1.82, 2.24) is 0 Å². The topological polar surface area (TPSA) is 9.23 Å². The lowest BCUT2D eigenvalue weighted by atomic mass is 9.97. The summed E-state index contributed by atoms with van der Waals surface area (Å²) in [5, 5.41) is 0. The molecule has 0 saturated heterocycles. The summed E-state index contributed by atoms with van der Waals surface area (Å²) in [4.78, 5) is 0.692. The van der Waals surface area contributed by atoms with Crippen molar-refractivity contribution in [3.05, 3.63) is 29.8 Å². The minimum absolute atomic E-state index is 0.678. The fraction of sp³-hybridized carbons (Fsp3) is 0.538. The van der Waals surface area contributed by atoms with Gasteiger partial charge in [0.05, 0.1) is 6.61 Å². The van der Waals surface area contributed by atoms with Crippen LogP contribution in [-0.2, 0) is 0 Å². The van der Waals surface area contributed by atoms with E-state index < -0.39 is 0 Å². The Morgan fingerprint density at radius 2 is 2.13 bits per heavy atom. The van der Waals surface area contributed by atoms with Gasteiger partial charge in [-0.05, 0) is 43.7 Å². The van der Waals surface area contributed by atoms with Crippen molar-refractivity contribution in [2.75, 3.05) is 6.61 Å². The Labute approximate surface area is 100.0 Å². The molecule has 0 heterocycles. The largest absolute Gasteiger partial charge is 0.494 e. The molecule has 0 bridgehead atoms. The Hall–Kier alpha value is -0.500. The molecule has 0 aromatic heterocycles. The van der Waals surface area contributed by atoms with E-state index in [0.29, 0.717) is 10.7 Å². The molecule has 2 heteroatoms. The summed E-state index contributed by atoms with van der Waals surface area (Å²) in [5.41, 5.74) is 1.39. The summed E-state index contributed by atoms with van der Waals surface area (Å²) in [5.74, 6) is 1.75. The third-order valence-electron chi connectivity index (χ3n) is 3.03. The Kier molecular flexibility index (Phi) is 3.68. The average molecular weight is 269 g/mol. The molecule has 1 fully saturated rings. The molecule has 0 spiro atoms. The van der Waals surface area contributed by atoms with Gasteiger partial charge in [-0.1, -0.05) is 34.1 Å². The first kappa shape index (κ1) is 11.0. The second kappa shape index (κ2) is 5.02. The Morgan fingerprint density at radius 3 is 2.80 bits per heavy atom. The number of halogens is 1. The second-order valence-corrected chi connectivity index (χ2v) is 5.37. The van der Waals surface area contributed by atoms with Gasteiger partial charge in [0.2, 0.25) is 0 Å². The molecular weight excluding hydrogens is 252 g/mol. The molecule has 1 aromatic carbocycles. The number of benzene rings is 1. The van der Waals surface area contributed by atoms with E-state index in [4.69, 9.17) is 4.74 Å². The van der Waals surface area contributed by atoms with Crippen LogP contribution in [0.1, 0.15) is 37.7 Å². The molecule has 1 aliphatic rings. The molecule has 0 radical (unpaired) electrons. The Balaban J connectivity index is 2.19. The van der Waals surface area contributed by atoms with E-state index in [2.05, 4.69) is 40.2 Å². The molecule has 2 atom stereocenters. The predicted molar refractivity (Wildman–Crippen MR) is 66.9 cm³/mol. The molecule has 1 aromatic rings. The number of alkyl halides is 1. The van der Waals surface area contributed by atoms with E-state index in [-0.39, 0.29) is 0 Å². The van der Waals surface area contributed by atoms with Gasteiger partial charge in [-0.15, -0.1) is 0 Å². The third-order valence-corrected chi connectivity index (χ3v) is 3.86. The van der Waals surface area contributed by atoms with Crippen LogP contribution in [-0.4, -0.2) is 11.4 Å². The molecule has 0 amide bonds. The molecule has 1 aliphatic carbocycles. The van der Waals surface area contributed by atoms with Crippen LogP contribution in [0.25, 0.3) is 0 Å². The number of rotatable bonds is 3. The smallest absolute Gasteiger partial charge is 0.122 e. The Morgan fingerprint density at radius 1 is 1.33 bits per heavy atom. The zero-order valence-corrected chi connectivity index (χ0v) is 10.7. The van der Waals surface area contributed by atoms with E-state index in [1.165, 1.54) is 24.8 Å². The predicted octanol–water partition coefficient (Wildman–Crippen LogP) is 4.12. The highest BCUT2D eigenvalue weighted by Gasteiger charge is 2.25. The average Bonchev–Trinajstić information content (AvgIpc) is 2.66. The summed E-state index contributed by atoms with van der Waals surface area (Å²) < 4.78 is 5.67. The van der Waals surface area contributed by atoms with Gasteiger partial charge in [-0.3, -0.25) is 0 Å². The van der Waals surface area contributed by atoms with Gasteiger partial charge in [-0.2, -0.15) is 0 Å². The molecule has 15 heavy (non-hydrogen) atoms. The van der Waals surface area contributed by atoms with Crippen LogP contribution in [0.2, 0.25) is 0 Å². The summed E-state index contributed by atoms with van der Waals surface area (Å²) in [6.07, 6.45) is 3.80. The van der Waals surface area contributed by atoms with E-state index in [0.717, 1.165) is 12.4 Å². The van der Waals surface area contributed by atoms with E-state index in [1.54, 1.807) is 0 Å². The van der Waals surface area contributed by atoms with E-state index in [1.807, 2.05) is 6.92 Å². The minimum atomic E-state index is 0.678. The SMILES string of the molecule is CCOc1ccccc1C1CCC(Br)C1. The van der Waals surface area contributed by atoms with Gasteiger partial charge in [0, 0.05) is 4.83 Å². The highest BCUT2D eigenvalue weighted by Crippen LogP contribution is 2.41. The molecule has 2 rings (SSSR count). The van der Waals surface area contributed by atoms with Gasteiger partial charge in [0.25, 0.3) is 0 Å². The molecule has 0 N–H and O–H groups in total. The fourth-order valence-corrected chi connectivity index (χ4v) is 3.03. The first-order chi connectivity index (χ1) is 7.31. The number of hydrogen-bond donors (Lipinski definition) is 0. The summed E-state index contributed by atoms with van der Waals surface area (Å²) in [7, 11) is 0. The standard InChI is InChI=1S/C13H17BrO/c1-2-15-13-6-4-3-5-12(13)10-7-8-11(14)9-10/h3-6,10-11H,2,7-9H2,1H3. The molecule has 1 nitrogen and oxygen atoms in total. The van der Waals surface area contributed by atoms with Crippen molar-refractivity contribution in [2.24, 2.45) is 0 Å². The summed E-state index contributed by atoms with van der Waals surface area (Å²) >= 11 is 3.70. The lowest BCUT2D eigenvalue weighted by molar-refractivity contribution is 0.334. The maximum atomic E-state index is 5.67. The van der Waals surface area contributed by atoms with Crippen LogP contribution in [0.15, 0.2) is 24.3 Å². The minimum Gasteiger partial charge on any atom is -0.494 e. The number of para-hydroxylation sites is 1. The van der Waals surface area contributed by atoms with E-state index >= 15 is 0 Å². The van der Waals surface area contributed by atoms with Gasteiger partial charge in [0.1, 0.15) is 5.75 Å². The fourth-order valence-electron chi connectivity index (χ4n) is 2.31. The van der Waals surface area contributed by atoms with Crippen molar-refractivity contribution in [2.45, 2.75) is 36.9 Å². The first-order valence-electron chi connectivity index (χ1n) is 5.67. The molecular formula is C13H17BrO. The monoisotopic (exact) mass is 268 g/mol. The van der Waals surface area contributed by atoms with Crippen molar-refractivity contribution < 1.29 is 4.74 Å². The molecule has 0 aliphatic heterocycles. The first-order valence-corrected chi connectivity index (χ1v) is 6.58. The molecule has 2 unspecified atom stereocenters. The Bertz CT molecular complexity index is 324. The summed E-state index contributed by atoms with van der Waals surface area (Å²) in [6, 6.07) is 8.45.